The van der Waals surface area contributed by atoms with Crippen molar-refractivity contribution in [1.29, 1.82) is 0 Å². The lowest BCUT2D eigenvalue weighted by Crippen LogP contribution is -2.36. The maximum atomic E-state index is 12.6. The number of Topliss-reactive ketones (excluding diaryl/α,β-unsaturated/α-hetero) is 1. The molecule has 0 fully saturated rings. The maximum absolute atomic E-state index is 12.6. The summed E-state index contributed by atoms with van der Waals surface area (Å²) in [5, 5.41) is 0. The second kappa shape index (κ2) is 7.33. The molecular formula is C25H38O. The van der Waals surface area contributed by atoms with Crippen LogP contribution in [0.3, 0.4) is 0 Å². The van der Waals surface area contributed by atoms with Gasteiger partial charge in [0.05, 0.1) is 0 Å². The molecule has 0 aliphatic heterocycles. The van der Waals surface area contributed by atoms with Gasteiger partial charge >= 0.3 is 0 Å². The van der Waals surface area contributed by atoms with E-state index in [9.17, 15) is 4.79 Å². The Morgan fingerprint density at radius 1 is 1.15 bits per heavy atom. The molecule has 0 aromatic rings. The zero-order valence-electron chi connectivity index (χ0n) is 18.1. The third-order valence-electron chi connectivity index (χ3n) is 7.49. The number of hydrogen-bond acceptors (Lipinski definition) is 1. The Morgan fingerprint density at radius 2 is 1.77 bits per heavy atom. The van der Waals surface area contributed by atoms with Crippen LogP contribution in [0.4, 0.5) is 0 Å². The van der Waals surface area contributed by atoms with Crippen LogP contribution in [0.2, 0.25) is 0 Å². The second-order valence-electron chi connectivity index (χ2n) is 9.78. The monoisotopic (exact) mass is 354 g/mol. The van der Waals surface area contributed by atoms with Crippen molar-refractivity contribution in [3.8, 4) is 0 Å². The molecule has 2 aliphatic rings. The van der Waals surface area contributed by atoms with Gasteiger partial charge in [0.15, 0.2) is 5.78 Å². The summed E-state index contributed by atoms with van der Waals surface area (Å²) in [5.41, 5.74) is 6.51. The van der Waals surface area contributed by atoms with Crippen molar-refractivity contribution in [2.45, 2.75) is 80.6 Å². The lowest BCUT2D eigenvalue weighted by Gasteiger charge is -2.44. The van der Waals surface area contributed by atoms with E-state index in [0.29, 0.717) is 18.1 Å². The predicted octanol–water partition coefficient (Wildman–Crippen LogP) is 7.21. The molecule has 2 rings (SSSR count). The van der Waals surface area contributed by atoms with Gasteiger partial charge in [0.1, 0.15) is 0 Å². The van der Waals surface area contributed by atoms with Crippen molar-refractivity contribution < 1.29 is 4.79 Å². The molecule has 0 spiro atoms. The Kier molecular flexibility index (Phi) is 5.90. The van der Waals surface area contributed by atoms with Crippen molar-refractivity contribution >= 4 is 5.78 Å². The SMILES string of the molecule is C=C(C)[C@@H]1CC=C(C)[C@](C)(CCC2=C(C)C(=O)C[C@@H](C(=C)C)C2(C)C)C1. The molecule has 1 nitrogen and oxygen atoms in total. The summed E-state index contributed by atoms with van der Waals surface area (Å²) in [5.74, 6) is 1.16. The number of rotatable bonds is 5. The molecule has 0 aromatic carbocycles. The number of carbonyl (C=O) groups excluding carboxylic acids is 1. The fraction of sp³-hybridized carbons (Fsp3) is 0.640. The first-order valence-corrected chi connectivity index (χ1v) is 10.1. The summed E-state index contributed by atoms with van der Waals surface area (Å²) in [7, 11) is 0. The van der Waals surface area contributed by atoms with Crippen LogP contribution >= 0.6 is 0 Å². The van der Waals surface area contributed by atoms with Crippen LogP contribution in [0.25, 0.3) is 0 Å². The largest absolute Gasteiger partial charge is 0.295 e. The number of ketones is 1. The standard InChI is InChI=1S/C25H38O/c1-16(2)20-11-10-18(5)25(9,15-20)13-12-21-19(6)23(26)14-22(17(3)4)24(21,7)8/h10,20,22H,1,3,11-15H2,2,4-9H3/t20-,22+,25-/m1/s1. The fourth-order valence-corrected chi connectivity index (χ4v) is 5.18. The molecule has 2 aliphatic carbocycles. The van der Waals surface area contributed by atoms with Crippen molar-refractivity contribution in [3.05, 3.63) is 47.1 Å². The van der Waals surface area contributed by atoms with Gasteiger partial charge < -0.3 is 0 Å². The quantitative estimate of drug-likeness (QED) is 0.476. The third kappa shape index (κ3) is 3.82. The van der Waals surface area contributed by atoms with E-state index in [1.54, 1.807) is 0 Å². The van der Waals surface area contributed by atoms with Crippen LogP contribution in [0.5, 0.6) is 0 Å². The van der Waals surface area contributed by atoms with Crippen molar-refractivity contribution in [2.75, 3.05) is 0 Å². The average Bonchev–Trinajstić information content (AvgIpc) is 2.53. The van der Waals surface area contributed by atoms with Crippen molar-refractivity contribution in [3.63, 3.8) is 0 Å². The van der Waals surface area contributed by atoms with Gasteiger partial charge in [0.2, 0.25) is 0 Å². The molecule has 3 atom stereocenters. The molecule has 0 saturated heterocycles. The molecule has 144 valence electrons. The lowest BCUT2D eigenvalue weighted by atomic mass is 9.60. The average molecular weight is 355 g/mol. The highest BCUT2D eigenvalue weighted by Crippen LogP contribution is 2.51. The molecule has 0 amide bonds. The molecule has 0 heterocycles. The summed E-state index contributed by atoms with van der Waals surface area (Å²) in [6.07, 6.45) is 7.43. The van der Waals surface area contributed by atoms with Gasteiger partial charge in [-0.15, -0.1) is 0 Å². The molecule has 0 aromatic heterocycles. The van der Waals surface area contributed by atoms with Gasteiger partial charge in [-0.25, -0.2) is 0 Å². The van der Waals surface area contributed by atoms with E-state index in [0.717, 1.165) is 30.4 Å². The van der Waals surface area contributed by atoms with Crippen LogP contribution in [0.15, 0.2) is 47.1 Å². The Labute approximate surface area is 161 Å². The number of hydrogen-bond donors (Lipinski definition) is 0. The molecular weight excluding hydrogens is 316 g/mol. The van der Waals surface area contributed by atoms with Crippen molar-refractivity contribution in [1.82, 2.24) is 0 Å². The van der Waals surface area contributed by atoms with E-state index in [2.05, 4.69) is 60.8 Å². The number of carbonyl (C=O) groups is 1. The van der Waals surface area contributed by atoms with E-state index >= 15 is 0 Å². The first-order chi connectivity index (χ1) is 11.9. The lowest BCUT2D eigenvalue weighted by molar-refractivity contribution is -0.117. The Hall–Kier alpha value is -1.37. The zero-order valence-corrected chi connectivity index (χ0v) is 18.1. The summed E-state index contributed by atoms with van der Waals surface area (Å²) in [6.45, 7) is 23.9. The highest BCUT2D eigenvalue weighted by Gasteiger charge is 2.42. The Bertz CT molecular complexity index is 685. The van der Waals surface area contributed by atoms with Gasteiger partial charge in [0, 0.05) is 6.42 Å². The molecule has 0 bridgehead atoms. The zero-order chi connectivity index (χ0) is 19.9. The van der Waals surface area contributed by atoms with Crippen LogP contribution in [-0.2, 0) is 4.79 Å². The van der Waals surface area contributed by atoms with E-state index in [1.807, 2.05) is 6.92 Å². The van der Waals surface area contributed by atoms with Gasteiger partial charge in [-0.3, -0.25) is 4.79 Å². The van der Waals surface area contributed by atoms with Crippen LogP contribution in [0, 0.1) is 22.7 Å². The minimum atomic E-state index is 0.0141. The van der Waals surface area contributed by atoms with Crippen LogP contribution in [-0.4, -0.2) is 5.78 Å². The summed E-state index contributed by atoms with van der Waals surface area (Å²) in [6, 6.07) is 0. The summed E-state index contributed by atoms with van der Waals surface area (Å²) < 4.78 is 0. The van der Waals surface area contributed by atoms with E-state index in [4.69, 9.17) is 0 Å². The Morgan fingerprint density at radius 3 is 2.31 bits per heavy atom. The highest BCUT2D eigenvalue weighted by molar-refractivity contribution is 5.97. The normalized spacial score (nSPS) is 31.7. The van der Waals surface area contributed by atoms with E-state index in [1.165, 1.54) is 23.1 Å². The maximum Gasteiger partial charge on any atom is 0.159 e. The first kappa shape index (κ1) is 20.9. The van der Waals surface area contributed by atoms with Gasteiger partial charge in [-0.2, -0.15) is 0 Å². The number of allylic oxidation sites excluding steroid dienone is 6. The molecule has 1 heteroatoms. The van der Waals surface area contributed by atoms with Gasteiger partial charge in [0.25, 0.3) is 0 Å². The molecule has 0 unspecified atom stereocenters. The molecule has 0 saturated carbocycles. The van der Waals surface area contributed by atoms with E-state index in [-0.39, 0.29) is 16.7 Å². The van der Waals surface area contributed by atoms with Gasteiger partial charge in [-0.05, 0) is 81.6 Å². The summed E-state index contributed by atoms with van der Waals surface area (Å²) in [4.78, 5) is 12.6. The highest BCUT2D eigenvalue weighted by atomic mass is 16.1. The Balaban J connectivity index is 2.28. The van der Waals surface area contributed by atoms with Gasteiger partial charge in [-0.1, -0.05) is 62.3 Å². The predicted molar refractivity (Wildman–Crippen MR) is 113 cm³/mol. The molecule has 0 N–H and O–H groups in total. The topological polar surface area (TPSA) is 17.1 Å². The molecule has 26 heavy (non-hydrogen) atoms. The van der Waals surface area contributed by atoms with E-state index < -0.39 is 0 Å². The minimum Gasteiger partial charge on any atom is -0.295 e. The summed E-state index contributed by atoms with van der Waals surface area (Å²) >= 11 is 0. The fourth-order valence-electron chi connectivity index (χ4n) is 5.18. The van der Waals surface area contributed by atoms with Crippen LogP contribution in [0.1, 0.15) is 80.6 Å². The second-order valence-corrected chi connectivity index (χ2v) is 9.78. The van der Waals surface area contributed by atoms with Crippen molar-refractivity contribution in [2.24, 2.45) is 22.7 Å². The van der Waals surface area contributed by atoms with Crippen LogP contribution < -0.4 is 0 Å². The minimum absolute atomic E-state index is 0.0141. The molecule has 0 radical (unpaired) electrons. The first-order valence-electron chi connectivity index (χ1n) is 10.1. The third-order valence-corrected chi connectivity index (χ3v) is 7.49. The smallest absolute Gasteiger partial charge is 0.159 e.